The van der Waals surface area contributed by atoms with Crippen LogP contribution in [0.1, 0.15) is 17.4 Å². The van der Waals surface area contributed by atoms with Gasteiger partial charge in [0.25, 0.3) is 5.91 Å². The summed E-state index contributed by atoms with van der Waals surface area (Å²) in [6, 6.07) is 1.68. The average molecular weight is 251 g/mol. The number of ether oxygens (including phenoxy) is 1. The van der Waals surface area contributed by atoms with E-state index in [9.17, 15) is 9.59 Å². The summed E-state index contributed by atoms with van der Waals surface area (Å²) in [5, 5.41) is 4.08. The number of carbonyl (C=O) groups is 2. The zero-order chi connectivity index (χ0) is 13.3. The Bertz CT molecular complexity index is 469. The van der Waals surface area contributed by atoms with Crippen LogP contribution in [0.4, 0.5) is 0 Å². The zero-order valence-corrected chi connectivity index (χ0v) is 10.8. The molecule has 1 saturated heterocycles. The van der Waals surface area contributed by atoms with Gasteiger partial charge in [-0.05, 0) is 12.0 Å². The number of amides is 1. The van der Waals surface area contributed by atoms with E-state index in [1.54, 1.807) is 28.9 Å². The van der Waals surface area contributed by atoms with E-state index in [-0.39, 0.29) is 23.7 Å². The molecule has 0 saturated carbocycles. The Hall–Kier alpha value is -1.85. The largest absolute Gasteiger partial charge is 0.469 e. The molecule has 0 N–H and O–H groups in total. The fourth-order valence-electron chi connectivity index (χ4n) is 2.28. The van der Waals surface area contributed by atoms with Crippen molar-refractivity contribution in [1.29, 1.82) is 0 Å². The number of hydrogen-bond donors (Lipinski definition) is 0. The molecule has 0 radical (unpaired) electrons. The van der Waals surface area contributed by atoms with Gasteiger partial charge in [0.15, 0.2) is 0 Å². The van der Waals surface area contributed by atoms with Crippen molar-refractivity contribution in [3.8, 4) is 0 Å². The Morgan fingerprint density at radius 3 is 2.72 bits per heavy atom. The van der Waals surface area contributed by atoms with E-state index in [1.807, 2.05) is 6.92 Å². The lowest BCUT2D eigenvalue weighted by molar-refractivity contribution is -0.146. The minimum absolute atomic E-state index is 0.116. The fourth-order valence-corrected chi connectivity index (χ4v) is 2.28. The van der Waals surface area contributed by atoms with Crippen molar-refractivity contribution in [2.24, 2.45) is 18.9 Å². The Morgan fingerprint density at radius 2 is 2.17 bits per heavy atom. The van der Waals surface area contributed by atoms with Gasteiger partial charge in [-0.1, -0.05) is 6.92 Å². The van der Waals surface area contributed by atoms with Gasteiger partial charge >= 0.3 is 5.97 Å². The monoisotopic (exact) mass is 251 g/mol. The Balaban J connectivity index is 2.08. The second-order valence-corrected chi connectivity index (χ2v) is 4.69. The van der Waals surface area contributed by atoms with Crippen LogP contribution < -0.4 is 0 Å². The maximum atomic E-state index is 12.2. The van der Waals surface area contributed by atoms with Crippen molar-refractivity contribution in [2.45, 2.75) is 6.92 Å². The molecule has 0 aliphatic carbocycles. The molecule has 1 aromatic heterocycles. The summed E-state index contributed by atoms with van der Waals surface area (Å²) in [5.74, 6) is -0.500. The fraction of sp³-hybridized carbons (Fsp3) is 0.583. The summed E-state index contributed by atoms with van der Waals surface area (Å²) in [5.41, 5.74) is 0.412. The number of nitrogens with zero attached hydrogens (tertiary/aromatic N) is 3. The van der Waals surface area contributed by atoms with Gasteiger partial charge < -0.3 is 9.64 Å². The number of aromatic nitrogens is 2. The lowest BCUT2D eigenvalue weighted by Crippen LogP contribution is -2.30. The number of aryl methyl sites for hydroxylation is 1. The first-order valence-corrected chi connectivity index (χ1v) is 5.89. The number of likely N-dealkylation sites (tertiary alicyclic amines) is 1. The van der Waals surface area contributed by atoms with Gasteiger partial charge in [0, 0.05) is 26.3 Å². The number of rotatable bonds is 2. The number of carbonyl (C=O) groups excluding carboxylic acids is 2. The molecule has 1 amide bonds. The average Bonchev–Trinajstić information content (AvgIpc) is 2.94. The van der Waals surface area contributed by atoms with Crippen LogP contribution in [-0.2, 0) is 16.6 Å². The van der Waals surface area contributed by atoms with Crippen LogP contribution in [0.3, 0.4) is 0 Å². The van der Waals surface area contributed by atoms with Crippen molar-refractivity contribution in [3.05, 3.63) is 18.0 Å². The quantitative estimate of drug-likeness (QED) is 0.709. The molecule has 2 heterocycles. The summed E-state index contributed by atoms with van der Waals surface area (Å²) in [7, 11) is 3.14. The van der Waals surface area contributed by atoms with E-state index in [0.717, 1.165) is 0 Å². The van der Waals surface area contributed by atoms with Gasteiger partial charge in [0.2, 0.25) is 0 Å². The molecule has 0 bridgehead atoms. The minimum atomic E-state index is -0.251. The van der Waals surface area contributed by atoms with E-state index in [0.29, 0.717) is 18.8 Å². The molecule has 2 unspecified atom stereocenters. The van der Waals surface area contributed by atoms with Crippen molar-refractivity contribution in [3.63, 3.8) is 0 Å². The van der Waals surface area contributed by atoms with E-state index in [4.69, 9.17) is 4.74 Å². The second kappa shape index (κ2) is 4.80. The smallest absolute Gasteiger partial charge is 0.310 e. The number of esters is 1. The molecule has 1 fully saturated rings. The topological polar surface area (TPSA) is 64.4 Å². The third-order valence-corrected chi connectivity index (χ3v) is 3.34. The molecule has 1 aliphatic heterocycles. The van der Waals surface area contributed by atoms with E-state index < -0.39 is 0 Å². The Labute approximate surface area is 106 Å². The zero-order valence-electron chi connectivity index (χ0n) is 10.8. The molecular weight excluding hydrogens is 234 g/mol. The molecule has 2 atom stereocenters. The highest BCUT2D eigenvalue weighted by Crippen LogP contribution is 2.25. The molecule has 0 spiro atoms. The van der Waals surface area contributed by atoms with Crippen molar-refractivity contribution < 1.29 is 14.3 Å². The first kappa shape index (κ1) is 12.6. The molecule has 18 heavy (non-hydrogen) atoms. The van der Waals surface area contributed by atoms with E-state index >= 15 is 0 Å². The number of hydrogen-bond acceptors (Lipinski definition) is 4. The van der Waals surface area contributed by atoms with Gasteiger partial charge in [-0.2, -0.15) is 5.10 Å². The molecule has 6 nitrogen and oxygen atoms in total. The molecule has 1 aliphatic rings. The van der Waals surface area contributed by atoms with Crippen molar-refractivity contribution in [2.75, 3.05) is 20.2 Å². The third kappa shape index (κ3) is 2.23. The summed E-state index contributed by atoms with van der Waals surface area (Å²) in [6.07, 6.45) is 1.73. The Kier molecular flexibility index (Phi) is 3.36. The number of methoxy groups -OCH3 is 1. The van der Waals surface area contributed by atoms with Crippen LogP contribution >= 0.6 is 0 Å². The second-order valence-electron chi connectivity index (χ2n) is 4.69. The van der Waals surface area contributed by atoms with Gasteiger partial charge in [-0.3, -0.25) is 14.3 Å². The molecule has 1 aromatic rings. The minimum Gasteiger partial charge on any atom is -0.469 e. The molecular formula is C12H17N3O3. The highest BCUT2D eigenvalue weighted by Gasteiger charge is 2.38. The predicted octanol–water partition coefficient (Wildman–Crippen LogP) is 0.301. The van der Waals surface area contributed by atoms with Gasteiger partial charge in [0.1, 0.15) is 5.69 Å². The summed E-state index contributed by atoms with van der Waals surface area (Å²) < 4.78 is 6.33. The molecule has 98 valence electrons. The first-order valence-electron chi connectivity index (χ1n) is 5.89. The van der Waals surface area contributed by atoms with Crippen LogP contribution in [0.25, 0.3) is 0 Å². The summed E-state index contributed by atoms with van der Waals surface area (Å²) in [6.45, 7) is 2.92. The maximum absolute atomic E-state index is 12.2. The summed E-state index contributed by atoms with van der Waals surface area (Å²) >= 11 is 0. The lowest BCUT2D eigenvalue weighted by atomic mass is 9.99. The normalized spacial score (nSPS) is 23.2. The van der Waals surface area contributed by atoms with Gasteiger partial charge in [0.05, 0.1) is 13.0 Å². The lowest BCUT2D eigenvalue weighted by Gasteiger charge is -2.14. The van der Waals surface area contributed by atoms with Crippen molar-refractivity contribution in [1.82, 2.24) is 14.7 Å². The maximum Gasteiger partial charge on any atom is 0.310 e. The van der Waals surface area contributed by atoms with Crippen LogP contribution in [0.2, 0.25) is 0 Å². The SMILES string of the molecule is COC(=O)C1CN(C(=O)c2ccn(C)n2)CC1C. The van der Waals surface area contributed by atoms with Gasteiger partial charge in [-0.15, -0.1) is 0 Å². The van der Waals surface area contributed by atoms with Crippen LogP contribution in [-0.4, -0.2) is 46.8 Å². The molecule has 6 heteroatoms. The molecule has 0 aromatic carbocycles. The van der Waals surface area contributed by atoms with Gasteiger partial charge in [-0.25, -0.2) is 0 Å². The predicted molar refractivity (Wildman–Crippen MR) is 63.8 cm³/mol. The van der Waals surface area contributed by atoms with Crippen LogP contribution in [0, 0.1) is 11.8 Å². The standard InChI is InChI=1S/C12H17N3O3/c1-8-6-15(7-9(8)12(17)18-3)11(16)10-4-5-14(2)13-10/h4-5,8-9H,6-7H2,1-3H3. The van der Waals surface area contributed by atoms with Crippen LogP contribution in [0.5, 0.6) is 0 Å². The Morgan fingerprint density at radius 1 is 1.44 bits per heavy atom. The van der Waals surface area contributed by atoms with Crippen LogP contribution in [0.15, 0.2) is 12.3 Å². The van der Waals surface area contributed by atoms with Crippen molar-refractivity contribution >= 4 is 11.9 Å². The van der Waals surface area contributed by atoms with E-state index in [1.165, 1.54) is 7.11 Å². The van der Waals surface area contributed by atoms with E-state index in [2.05, 4.69) is 5.10 Å². The first-order chi connectivity index (χ1) is 8.52. The highest BCUT2D eigenvalue weighted by atomic mass is 16.5. The summed E-state index contributed by atoms with van der Waals surface area (Å²) in [4.78, 5) is 25.4. The molecule has 2 rings (SSSR count). The third-order valence-electron chi connectivity index (χ3n) is 3.34. The highest BCUT2D eigenvalue weighted by molar-refractivity contribution is 5.93.